The number of aliphatic hydroxyl groups excluding tert-OH is 1. The molecule has 4 heteroatoms. The van der Waals surface area contributed by atoms with Crippen molar-refractivity contribution in [2.75, 3.05) is 6.61 Å². The largest absolute Gasteiger partial charge is 0.396 e. The van der Waals surface area contributed by atoms with E-state index < -0.39 is 0 Å². The number of aromatic nitrogens is 2. The zero-order chi connectivity index (χ0) is 9.14. The van der Waals surface area contributed by atoms with Gasteiger partial charge < -0.3 is 5.11 Å². The Labute approximate surface area is 77.3 Å². The predicted molar refractivity (Wildman–Crippen MR) is 49.5 cm³/mol. The summed E-state index contributed by atoms with van der Waals surface area (Å²) < 4.78 is 0. The van der Waals surface area contributed by atoms with E-state index >= 15 is 0 Å². The van der Waals surface area contributed by atoms with Gasteiger partial charge in [-0.3, -0.25) is 0 Å². The molecule has 0 saturated carbocycles. The number of aliphatic hydroxyl groups is 1. The maximum absolute atomic E-state index is 8.67. The summed E-state index contributed by atoms with van der Waals surface area (Å²) in [6.45, 7) is 3.86. The molecule has 0 spiro atoms. The third-order valence-electron chi connectivity index (χ3n) is 1.61. The molecule has 0 aliphatic heterocycles. The van der Waals surface area contributed by atoms with Crippen LogP contribution < -0.4 is 0 Å². The van der Waals surface area contributed by atoms with Crippen LogP contribution in [-0.2, 0) is 6.42 Å². The highest BCUT2D eigenvalue weighted by molar-refractivity contribution is 7.80. The standard InChI is InChI=1S/C8H12N2OS/c1-5-8(12)6(2)10-7(9-5)3-4-11/h11-12H,3-4H2,1-2H3. The Kier molecular flexibility index (Phi) is 3.05. The lowest BCUT2D eigenvalue weighted by molar-refractivity contribution is 0.296. The molecule has 0 bridgehead atoms. The Morgan fingerprint density at radius 1 is 1.25 bits per heavy atom. The first-order valence-electron chi connectivity index (χ1n) is 3.79. The fourth-order valence-electron chi connectivity index (χ4n) is 0.992. The Morgan fingerprint density at radius 3 is 2.17 bits per heavy atom. The smallest absolute Gasteiger partial charge is 0.131 e. The van der Waals surface area contributed by atoms with Crippen LogP contribution in [0, 0.1) is 13.8 Å². The summed E-state index contributed by atoms with van der Waals surface area (Å²) in [6, 6.07) is 0. The molecule has 12 heavy (non-hydrogen) atoms. The molecule has 0 fully saturated rings. The number of aryl methyl sites for hydroxylation is 2. The van der Waals surface area contributed by atoms with Crippen molar-refractivity contribution in [3.63, 3.8) is 0 Å². The second-order valence-corrected chi connectivity index (χ2v) is 3.08. The molecule has 0 saturated heterocycles. The SMILES string of the molecule is Cc1nc(CCO)nc(C)c1S. The zero-order valence-electron chi connectivity index (χ0n) is 7.20. The van der Waals surface area contributed by atoms with E-state index in [9.17, 15) is 0 Å². The minimum absolute atomic E-state index is 0.0881. The lowest BCUT2D eigenvalue weighted by Crippen LogP contribution is -2.03. The van der Waals surface area contributed by atoms with Crippen molar-refractivity contribution < 1.29 is 5.11 Å². The van der Waals surface area contributed by atoms with Crippen LogP contribution in [0.2, 0.25) is 0 Å². The van der Waals surface area contributed by atoms with Gasteiger partial charge in [0.25, 0.3) is 0 Å². The van der Waals surface area contributed by atoms with E-state index in [1.54, 1.807) is 0 Å². The molecular weight excluding hydrogens is 172 g/mol. The van der Waals surface area contributed by atoms with E-state index in [1.165, 1.54) is 0 Å². The first-order chi connectivity index (χ1) is 5.65. The van der Waals surface area contributed by atoms with Crippen molar-refractivity contribution >= 4 is 12.6 Å². The topological polar surface area (TPSA) is 46.0 Å². The van der Waals surface area contributed by atoms with Gasteiger partial charge in [0.05, 0.1) is 18.0 Å². The van der Waals surface area contributed by atoms with Crippen molar-refractivity contribution in [2.45, 2.75) is 25.2 Å². The summed E-state index contributed by atoms with van der Waals surface area (Å²) in [6.07, 6.45) is 0.510. The van der Waals surface area contributed by atoms with Crippen LogP contribution >= 0.6 is 12.6 Å². The van der Waals surface area contributed by atoms with Crippen LogP contribution in [-0.4, -0.2) is 21.7 Å². The van der Waals surface area contributed by atoms with Crippen molar-refractivity contribution in [1.29, 1.82) is 0 Å². The summed E-state index contributed by atoms with van der Waals surface area (Å²) in [5.74, 6) is 0.685. The minimum atomic E-state index is 0.0881. The molecule has 1 aromatic heterocycles. The molecule has 3 nitrogen and oxygen atoms in total. The molecule has 0 atom stereocenters. The Balaban J connectivity index is 3.04. The molecule has 66 valence electrons. The van der Waals surface area contributed by atoms with Crippen LogP contribution in [0.4, 0.5) is 0 Å². The van der Waals surface area contributed by atoms with E-state index in [0.717, 1.165) is 16.3 Å². The van der Waals surface area contributed by atoms with E-state index in [0.29, 0.717) is 12.2 Å². The molecule has 1 N–H and O–H groups in total. The highest BCUT2D eigenvalue weighted by Gasteiger charge is 2.03. The van der Waals surface area contributed by atoms with Gasteiger partial charge in [-0.05, 0) is 13.8 Å². The summed E-state index contributed by atoms with van der Waals surface area (Å²) in [5.41, 5.74) is 1.74. The van der Waals surface area contributed by atoms with Gasteiger partial charge in [0, 0.05) is 11.3 Å². The van der Waals surface area contributed by atoms with Gasteiger partial charge in [-0.2, -0.15) is 0 Å². The highest BCUT2D eigenvalue weighted by Crippen LogP contribution is 2.13. The minimum Gasteiger partial charge on any atom is -0.396 e. The van der Waals surface area contributed by atoms with Crippen LogP contribution in [0.15, 0.2) is 4.90 Å². The molecule has 0 aromatic carbocycles. The monoisotopic (exact) mass is 184 g/mol. The summed E-state index contributed by atoms with van der Waals surface area (Å²) in [5, 5.41) is 8.67. The van der Waals surface area contributed by atoms with Crippen LogP contribution in [0.3, 0.4) is 0 Å². The molecule has 1 aromatic rings. The van der Waals surface area contributed by atoms with E-state index in [1.807, 2.05) is 13.8 Å². The van der Waals surface area contributed by atoms with Gasteiger partial charge in [-0.25, -0.2) is 9.97 Å². The van der Waals surface area contributed by atoms with Crippen molar-refractivity contribution in [2.24, 2.45) is 0 Å². The number of rotatable bonds is 2. The third kappa shape index (κ3) is 1.95. The normalized spacial score (nSPS) is 10.3. The molecule has 0 aliphatic carbocycles. The summed E-state index contributed by atoms with van der Waals surface area (Å²) >= 11 is 4.24. The number of hydrogen-bond donors (Lipinski definition) is 2. The van der Waals surface area contributed by atoms with Crippen molar-refractivity contribution in [3.05, 3.63) is 17.2 Å². The maximum Gasteiger partial charge on any atom is 0.131 e. The second-order valence-electron chi connectivity index (χ2n) is 2.63. The Hall–Kier alpha value is -0.610. The predicted octanol–water partition coefficient (Wildman–Crippen LogP) is 0.917. The molecule has 0 amide bonds. The lowest BCUT2D eigenvalue weighted by Gasteiger charge is -2.04. The average molecular weight is 184 g/mol. The lowest BCUT2D eigenvalue weighted by atomic mass is 10.3. The third-order valence-corrected chi connectivity index (χ3v) is 2.26. The molecule has 1 heterocycles. The van der Waals surface area contributed by atoms with Crippen molar-refractivity contribution in [1.82, 2.24) is 9.97 Å². The average Bonchev–Trinajstić information content (AvgIpc) is 2.01. The molecule has 0 radical (unpaired) electrons. The number of hydrogen-bond acceptors (Lipinski definition) is 4. The fourth-order valence-corrected chi connectivity index (χ4v) is 1.09. The van der Waals surface area contributed by atoms with Crippen molar-refractivity contribution in [3.8, 4) is 0 Å². The van der Waals surface area contributed by atoms with Gasteiger partial charge in [-0.1, -0.05) is 0 Å². The van der Waals surface area contributed by atoms with Crippen LogP contribution in [0.1, 0.15) is 17.2 Å². The van der Waals surface area contributed by atoms with E-state index in [-0.39, 0.29) is 6.61 Å². The van der Waals surface area contributed by atoms with Gasteiger partial charge in [-0.15, -0.1) is 12.6 Å². The van der Waals surface area contributed by atoms with Gasteiger partial charge >= 0.3 is 0 Å². The number of thiol groups is 1. The molecule has 0 unspecified atom stereocenters. The van der Waals surface area contributed by atoms with E-state index in [2.05, 4.69) is 22.6 Å². The quantitative estimate of drug-likeness (QED) is 0.672. The number of nitrogens with zero attached hydrogens (tertiary/aromatic N) is 2. The summed E-state index contributed by atoms with van der Waals surface area (Å²) in [4.78, 5) is 9.18. The Bertz CT molecular complexity index is 265. The van der Waals surface area contributed by atoms with Crippen LogP contribution in [0.5, 0.6) is 0 Å². The Morgan fingerprint density at radius 2 is 1.75 bits per heavy atom. The van der Waals surface area contributed by atoms with E-state index in [4.69, 9.17) is 5.11 Å². The highest BCUT2D eigenvalue weighted by atomic mass is 32.1. The maximum atomic E-state index is 8.67. The molecular formula is C8H12N2OS. The first kappa shape index (κ1) is 9.48. The van der Waals surface area contributed by atoms with Gasteiger partial charge in [0.2, 0.25) is 0 Å². The zero-order valence-corrected chi connectivity index (χ0v) is 8.10. The van der Waals surface area contributed by atoms with Crippen LogP contribution in [0.25, 0.3) is 0 Å². The van der Waals surface area contributed by atoms with Gasteiger partial charge in [0.15, 0.2) is 0 Å². The van der Waals surface area contributed by atoms with Gasteiger partial charge in [0.1, 0.15) is 5.82 Å². The molecule has 1 rings (SSSR count). The fraction of sp³-hybridized carbons (Fsp3) is 0.500. The second kappa shape index (κ2) is 3.87. The first-order valence-corrected chi connectivity index (χ1v) is 4.24. The molecule has 0 aliphatic rings. The summed E-state index contributed by atoms with van der Waals surface area (Å²) in [7, 11) is 0.